The fraction of sp³-hybridized carbons (Fsp3) is 0.333. The van der Waals surface area contributed by atoms with E-state index in [0.29, 0.717) is 29.0 Å². The third-order valence-corrected chi connectivity index (χ3v) is 3.14. The summed E-state index contributed by atoms with van der Waals surface area (Å²) in [6, 6.07) is 4.93. The normalized spacial score (nSPS) is 11.1. The second-order valence-corrected chi connectivity index (χ2v) is 4.50. The number of benzene rings is 1. The molecule has 1 N–H and O–H groups in total. The summed E-state index contributed by atoms with van der Waals surface area (Å²) >= 11 is 5.88. The second-order valence-electron chi connectivity index (χ2n) is 4.06. The van der Waals surface area contributed by atoms with Crippen molar-refractivity contribution in [1.29, 1.82) is 0 Å². The van der Waals surface area contributed by atoms with Crippen LogP contribution in [0, 0.1) is 0 Å². The van der Waals surface area contributed by atoms with Gasteiger partial charge in [-0.05, 0) is 25.2 Å². The maximum absolute atomic E-state index is 12.2. The van der Waals surface area contributed by atoms with Crippen LogP contribution in [-0.4, -0.2) is 22.7 Å². The number of nitrogens with zero attached hydrogens (tertiary/aromatic N) is 2. The Labute approximate surface area is 109 Å². The first-order valence-electron chi connectivity index (χ1n) is 5.60. The molecule has 0 aliphatic rings. The fourth-order valence-electron chi connectivity index (χ4n) is 1.90. The lowest BCUT2D eigenvalue weighted by Crippen LogP contribution is -2.40. The van der Waals surface area contributed by atoms with Gasteiger partial charge in [0.1, 0.15) is 0 Å². The van der Waals surface area contributed by atoms with Crippen LogP contribution in [0.25, 0.3) is 10.9 Å². The maximum atomic E-state index is 12.2. The van der Waals surface area contributed by atoms with Crippen LogP contribution in [0.15, 0.2) is 27.8 Å². The fourth-order valence-corrected chi connectivity index (χ4v) is 2.07. The van der Waals surface area contributed by atoms with Crippen molar-refractivity contribution >= 4 is 22.5 Å². The third-order valence-electron chi connectivity index (χ3n) is 2.90. The van der Waals surface area contributed by atoms with Gasteiger partial charge in [0.15, 0.2) is 0 Å². The number of hydrogen-bond acceptors (Lipinski definition) is 3. The molecule has 0 spiro atoms. The Morgan fingerprint density at radius 3 is 2.72 bits per heavy atom. The number of halogens is 1. The number of hydrogen-bond donors (Lipinski definition) is 1. The molecule has 0 fully saturated rings. The summed E-state index contributed by atoms with van der Waals surface area (Å²) in [7, 11) is 3.41. The van der Waals surface area contributed by atoms with Gasteiger partial charge < -0.3 is 5.32 Å². The smallest absolute Gasteiger partial charge is 0.318 e. The van der Waals surface area contributed by atoms with Gasteiger partial charge in [0.25, 0.3) is 5.56 Å². The quantitative estimate of drug-likeness (QED) is 0.885. The number of nitrogens with one attached hydrogen (secondary N) is 1. The first-order valence-corrected chi connectivity index (χ1v) is 5.97. The maximum Gasteiger partial charge on any atom is 0.331 e. The van der Waals surface area contributed by atoms with Gasteiger partial charge in [0, 0.05) is 25.2 Å². The molecule has 0 aliphatic heterocycles. The molecule has 0 atom stereocenters. The van der Waals surface area contributed by atoms with Crippen LogP contribution in [-0.2, 0) is 13.6 Å². The minimum absolute atomic E-state index is 0.278. The van der Waals surface area contributed by atoms with Gasteiger partial charge in [-0.3, -0.25) is 13.9 Å². The number of likely N-dealkylation sites (N-methyl/N-ethyl adjacent to an activating group) is 1. The SMILES string of the molecule is CNCCn1c(=O)c2ccc(Cl)cc2n(C)c1=O. The highest BCUT2D eigenvalue weighted by Gasteiger charge is 2.10. The highest BCUT2D eigenvalue weighted by atomic mass is 35.5. The summed E-state index contributed by atoms with van der Waals surface area (Å²) in [6.07, 6.45) is 0. The second kappa shape index (κ2) is 4.96. The van der Waals surface area contributed by atoms with E-state index in [0.717, 1.165) is 0 Å². The molecule has 0 unspecified atom stereocenters. The zero-order valence-electron chi connectivity index (χ0n) is 10.2. The van der Waals surface area contributed by atoms with Crippen LogP contribution in [0.2, 0.25) is 5.02 Å². The lowest BCUT2D eigenvalue weighted by atomic mass is 10.2. The van der Waals surface area contributed by atoms with Crippen molar-refractivity contribution in [2.24, 2.45) is 7.05 Å². The van der Waals surface area contributed by atoms with E-state index in [-0.39, 0.29) is 11.2 Å². The van der Waals surface area contributed by atoms with Crippen molar-refractivity contribution in [2.75, 3.05) is 13.6 Å². The highest BCUT2D eigenvalue weighted by molar-refractivity contribution is 6.31. The van der Waals surface area contributed by atoms with Gasteiger partial charge in [-0.25, -0.2) is 4.79 Å². The van der Waals surface area contributed by atoms with Crippen molar-refractivity contribution in [3.63, 3.8) is 0 Å². The molecule has 1 aromatic heterocycles. The summed E-state index contributed by atoms with van der Waals surface area (Å²) in [5.41, 5.74) is -0.0526. The monoisotopic (exact) mass is 267 g/mol. The molecule has 1 aromatic carbocycles. The number of fused-ring (bicyclic) bond motifs is 1. The lowest BCUT2D eigenvalue weighted by molar-refractivity contribution is 0.580. The van der Waals surface area contributed by atoms with E-state index in [1.807, 2.05) is 0 Å². The lowest BCUT2D eigenvalue weighted by Gasteiger charge is -2.10. The van der Waals surface area contributed by atoms with Crippen LogP contribution >= 0.6 is 11.6 Å². The van der Waals surface area contributed by atoms with E-state index in [1.54, 1.807) is 32.3 Å². The average Bonchev–Trinajstić information content (AvgIpc) is 2.36. The summed E-state index contributed by atoms with van der Waals surface area (Å²) in [5.74, 6) is 0. The Morgan fingerprint density at radius 1 is 1.33 bits per heavy atom. The summed E-state index contributed by atoms with van der Waals surface area (Å²) in [5, 5.41) is 3.92. The van der Waals surface area contributed by atoms with Crippen LogP contribution in [0.5, 0.6) is 0 Å². The average molecular weight is 268 g/mol. The molecule has 96 valence electrons. The minimum Gasteiger partial charge on any atom is -0.318 e. The number of rotatable bonds is 3. The van der Waals surface area contributed by atoms with E-state index in [4.69, 9.17) is 11.6 Å². The zero-order valence-corrected chi connectivity index (χ0v) is 11.0. The molecule has 18 heavy (non-hydrogen) atoms. The molecule has 0 aliphatic carbocycles. The molecule has 6 heteroatoms. The molecule has 0 bridgehead atoms. The number of aromatic nitrogens is 2. The van der Waals surface area contributed by atoms with E-state index in [1.165, 1.54) is 9.13 Å². The van der Waals surface area contributed by atoms with E-state index >= 15 is 0 Å². The standard InChI is InChI=1S/C12H14ClN3O2/c1-14-5-6-16-11(17)9-4-3-8(13)7-10(9)15(2)12(16)18/h3-4,7,14H,5-6H2,1-2H3. The van der Waals surface area contributed by atoms with Crippen molar-refractivity contribution < 1.29 is 0 Å². The summed E-state index contributed by atoms with van der Waals surface area (Å²) in [4.78, 5) is 24.3. The third kappa shape index (κ3) is 2.07. The summed E-state index contributed by atoms with van der Waals surface area (Å²) in [6.45, 7) is 0.912. The van der Waals surface area contributed by atoms with Crippen molar-refractivity contribution in [1.82, 2.24) is 14.5 Å². The highest BCUT2D eigenvalue weighted by Crippen LogP contribution is 2.14. The Bertz CT molecular complexity index is 703. The predicted octanol–water partition coefficient (Wildman–Crippen LogP) is 0.573. The van der Waals surface area contributed by atoms with E-state index in [9.17, 15) is 9.59 Å². The first-order chi connectivity index (χ1) is 8.56. The van der Waals surface area contributed by atoms with E-state index in [2.05, 4.69) is 5.32 Å². The molecule has 2 rings (SSSR count). The van der Waals surface area contributed by atoms with Crippen LogP contribution < -0.4 is 16.6 Å². The molecule has 0 saturated carbocycles. The molecule has 0 amide bonds. The van der Waals surface area contributed by atoms with Gasteiger partial charge in [-0.1, -0.05) is 11.6 Å². The molecule has 0 saturated heterocycles. The molecule has 0 radical (unpaired) electrons. The molecule has 1 heterocycles. The predicted molar refractivity (Wildman–Crippen MR) is 72.4 cm³/mol. The number of aryl methyl sites for hydroxylation is 1. The van der Waals surface area contributed by atoms with Gasteiger partial charge >= 0.3 is 5.69 Å². The van der Waals surface area contributed by atoms with Gasteiger partial charge in [-0.15, -0.1) is 0 Å². The Morgan fingerprint density at radius 2 is 2.06 bits per heavy atom. The molecule has 2 aromatic rings. The zero-order chi connectivity index (χ0) is 13.3. The minimum atomic E-state index is -0.329. The largest absolute Gasteiger partial charge is 0.331 e. The molecular formula is C12H14ClN3O2. The van der Waals surface area contributed by atoms with Crippen molar-refractivity contribution in [2.45, 2.75) is 6.54 Å². The Hall–Kier alpha value is -1.59. The van der Waals surface area contributed by atoms with Crippen molar-refractivity contribution in [3.05, 3.63) is 44.1 Å². The Balaban J connectivity index is 2.80. The van der Waals surface area contributed by atoms with Crippen LogP contribution in [0.1, 0.15) is 0 Å². The van der Waals surface area contributed by atoms with E-state index < -0.39 is 0 Å². The van der Waals surface area contributed by atoms with Crippen LogP contribution in [0.4, 0.5) is 0 Å². The van der Waals surface area contributed by atoms with Gasteiger partial charge in [0.2, 0.25) is 0 Å². The van der Waals surface area contributed by atoms with Crippen molar-refractivity contribution in [3.8, 4) is 0 Å². The van der Waals surface area contributed by atoms with Gasteiger partial charge in [0.05, 0.1) is 10.9 Å². The van der Waals surface area contributed by atoms with Gasteiger partial charge in [-0.2, -0.15) is 0 Å². The first kappa shape index (κ1) is 12.9. The molecular weight excluding hydrogens is 254 g/mol. The molecule has 5 nitrogen and oxygen atoms in total. The summed E-state index contributed by atoms with van der Waals surface area (Å²) < 4.78 is 2.67. The topological polar surface area (TPSA) is 56.0 Å². The Kier molecular flexibility index (Phi) is 3.54. The van der Waals surface area contributed by atoms with Crippen LogP contribution in [0.3, 0.4) is 0 Å².